The van der Waals surface area contributed by atoms with Crippen molar-refractivity contribution in [3.05, 3.63) is 59.0 Å². The number of benzene rings is 2. The van der Waals surface area contributed by atoms with Crippen LogP contribution in [0.25, 0.3) is 10.9 Å². The summed E-state index contributed by atoms with van der Waals surface area (Å²) < 4.78 is 13.2. The molecule has 0 bridgehead atoms. The molecule has 0 aliphatic carbocycles. The second kappa shape index (κ2) is 6.10. The van der Waals surface area contributed by atoms with E-state index < -0.39 is 0 Å². The van der Waals surface area contributed by atoms with Crippen LogP contribution < -0.4 is 5.73 Å². The van der Waals surface area contributed by atoms with Crippen molar-refractivity contribution in [3.63, 3.8) is 0 Å². The van der Waals surface area contributed by atoms with Crippen LogP contribution in [-0.4, -0.2) is 11.5 Å². The molecule has 0 saturated heterocycles. The molecule has 0 aliphatic rings. The monoisotopic (exact) mass is 320 g/mol. The predicted molar refractivity (Wildman–Crippen MR) is 86.6 cm³/mol. The molecule has 5 heteroatoms. The first-order chi connectivity index (χ1) is 10.2. The largest absolute Gasteiger partial charge is 0.360 e. The Morgan fingerprint density at radius 1 is 1.14 bits per heavy atom. The standard InChI is InChI=1S/C16H14ClFN2S/c17-11-2-1-10(5-6-19)15(7-11)21-16-9-20-14-8-12(18)3-4-13(14)16/h1-4,7-9,20H,5-6,19H2. The van der Waals surface area contributed by atoms with Crippen LogP contribution in [0.5, 0.6) is 0 Å². The first-order valence-corrected chi connectivity index (χ1v) is 7.80. The van der Waals surface area contributed by atoms with Crippen LogP contribution in [0.15, 0.2) is 52.4 Å². The molecule has 0 aliphatic heterocycles. The first-order valence-electron chi connectivity index (χ1n) is 6.60. The van der Waals surface area contributed by atoms with Crippen molar-refractivity contribution in [2.24, 2.45) is 5.73 Å². The zero-order valence-corrected chi connectivity index (χ0v) is 12.8. The molecule has 108 valence electrons. The lowest BCUT2D eigenvalue weighted by molar-refractivity contribution is 0.629. The van der Waals surface area contributed by atoms with Crippen molar-refractivity contribution >= 4 is 34.3 Å². The normalized spacial score (nSPS) is 11.2. The fourth-order valence-corrected chi connectivity index (χ4v) is 3.63. The van der Waals surface area contributed by atoms with E-state index in [0.29, 0.717) is 11.6 Å². The smallest absolute Gasteiger partial charge is 0.125 e. The van der Waals surface area contributed by atoms with E-state index in [1.165, 1.54) is 17.7 Å². The summed E-state index contributed by atoms with van der Waals surface area (Å²) in [5, 5.41) is 1.70. The van der Waals surface area contributed by atoms with Crippen LogP contribution in [0, 0.1) is 5.82 Å². The van der Waals surface area contributed by atoms with Gasteiger partial charge >= 0.3 is 0 Å². The molecule has 0 atom stereocenters. The summed E-state index contributed by atoms with van der Waals surface area (Å²) in [7, 11) is 0. The highest BCUT2D eigenvalue weighted by Gasteiger charge is 2.10. The van der Waals surface area contributed by atoms with Crippen molar-refractivity contribution in [3.8, 4) is 0 Å². The van der Waals surface area contributed by atoms with Gasteiger partial charge < -0.3 is 10.7 Å². The molecular formula is C16H14ClFN2S. The van der Waals surface area contributed by atoms with Crippen LogP contribution >= 0.6 is 23.4 Å². The molecule has 1 aromatic heterocycles. The van der Waals surface area contributed by atoms with E-state index in [-0.39, 0.29) is 5.82 Å². The van der Waals surface area contributed by atoms with Gasteiger partial charge in [-0.05, 0) is 48.9 Å². The number of nitrogens with one attached hydrogen (secondary N) is 1. The molecule has 21 heavy (non-hydrogen) atoms. The molecule has 0 amide bonds. The molecule has 0 spiro atoms. The highest BCUT2D eigenvalue weighted by molar-refractivity contribution is 7.99. The van der Waals surface area contributed by atoms with E-state index in [2.05, 4.69) is 4.98 Å². The van der Waals surface area contributed by atoms with Crippen molar-refractivity contribution in [2.45, 2.75) is 16.2 Å². The highest BCUT2D eigenvalue weighted by atomic mass is 35.5. The van der Waals surface area contributed by atoms with Gasteiger partial charge in [0.05, 0.1) is 0 Å². The number of rotatable bonds is 4. The third kappa shape index (κ3) is 3.07. The lowest BCUT2D eigenvalue weighted by Crippen LogP contribution is -2.03. The van der Waals surface area contributed by atoms with Crippen molar-refractivity contribution in [1.29, 1.82) is 0 Å². The molecule has 1 heterocycles. The quantitative estimate of drug-likeness (QED) is 0.737. The predicted octanol–water partition coefficient (Wildman–Crippen LogP) is 4.61. The minimum atomic E-state index is -0.243. The van der Waals surface area contributed by atoms with Gasteiger partial charge in [-0.2, -0.15) is 0 Å². The van der Waals surface area contributed by atoms with E-state index in [0.717, 1.165) is 27.1 Å². The SMILES string of the molecule is NCCc1ccc(Cl)cc1Sc1c[nH]c2cc(F)ccc12. The molecule has 3 aromatic rings. The van der Waals surface area contributed by atoms with Gasteiger partial charge in [0.15, 0.2) is 0 Å². The van der Waals surface area contributed by atoms with Crippen molar-refractivity contribution < 1.29 is 4.39 Å². The molecule has 0 radical (unpaired) electrons. The molecule has 2 nitrogen and oxygen atoms in total. The number of aromatic amines is 1. The van der Waals surface area contributed by atoms with Crippen LogP contribution in [-0.2, 0) is 6.42 Å². The maximum Gasteiger partial charge on any atom is 0.125 e. The molecular weight excluding hydrogens is 307 g/mol. The zero-order valence-electron chi connectivity index (χ0n) is 11.2. The molecule has 3 N–H and O–H groups in total. The average Bonchev–Trinajstić information content (AvgIpc) is 2.84. The number of H-pyrrole nitrogens is 1. The molecule has 0 unspecified atom stereocenters. The number of aromatic nitrogens is 1. The van der Waals surface area contributed by atoms with E-state index in [1.54, 1.807) is 17.8 Å². The van der Waals surface area contributed by atoms with Gasteiger partial charge in [-0.15, -0.1) is 0 Å². The molecule has 2 aromatic carbocycles. The Kier molecular flexibility index (Phi) is 4.19. The number of hydrogen-bond donors (Lipinski definition) is 2. The summed E-state index contributed by atoms with van der Waals surface area (Å²) in [6.45, 7) is 0.592. The first kappa shape index (κ1) is 14.4. The average molecular weight is 321 g/mol. The Hall–Kier alpha value is -1.49. The number of hydrogen-bond acceptors (Lipinski definition) is 2. The van der Waals surface area contributed by atoms with Gasteiger partial charge in [-0.25, -0.2) is 4.39 Å². The van der Waals surface area contributed by atoms with Crippen molar-refractivity contribution in [1.82, 2.24) is 4.98 Å². The van der Waals surface area contributed by atoms with Crippen LogP contribution in [0.1, 0.15) is 5.56 Å². The summed E-state index contributed by atoms with van der Waals surface area (Å²) in [4.78, 5) is 5.23. The maximum absolute atomic E-state index is 13.2. The number of halogens is 2. The zero-order chi connectivity index (χ0) is 14.8. The van der Waals surface area contributed by atoms with Gasteiger partial charge in [-0.1, -0.05) is 29.4 Å². The molecule has 3 rings (SSSR count). The number of nitrogens with two attached hydrogens (primary N) is 1. The van der Waals surface area contributed by atoms with Gasteiger partial charge in [0.2, 0.25) is 0 Å². The summed E-state index contributed by atoms with van der Waals surface area (Å²) in [6, 6.07) is 10.6. The summed E-state index contributed by atoms with van der Waals surface area (Å²) >= 11 is 7.71. The van der Waals surface area contributed by atoms with Crippen LogP contribution in [0.4, 0.5) is 4.39 Å². The summed E-state index contributed by atoms with van der Waals surface area (Å²) in [5.74, 6) is -0.243. The van der Waals surface area contributed by atoms with Crippen LogP contribution in [0.2, 0.25) is 5.02 Å². The third-order valence-corrected chi connectivity index (χ3v) is 4.66. The number of fused-ring (bicyclic) bond motifs is 1. The topological polar surface area (TPSA) is 41.8 Å². The summed E-state index contributed by atoms with van der Waals surface area (Å²) in [5.41, 5.74) is 7.62. The van der Waals surface area contributed by atoms with Gasteiger partial charge in [0.25, 0.3) is 0 Å². The van der Waals surface area contributed by atoms with E-state index in [9.17, 15) is 4.39 Å². The summed E-state index contributed by atoms with van der Waals surface area (Å²) in [6.07, 6.45) is 2.69. The van der Waals surface area contributed by atoms with Gasteiger partial charge in [-0.3, -0.25) is 0 Å². The third-order valence-electron chi connectivity index (χ3n) is 3.27. The Balaban J connectivity index is 2.00. The fraction of sp³-hybridized carbons (Fsp3) is 0.125. The minimum absolute atomic E-state index is 0.243. The second-order valence-corrected chi connectivity index (χ2v) is 6.26. The maximum atomic E-state index is 13.2. The van der Waals surface area contributed by atoms with Gasteiger partial charge in [0, 0.05) is 31.9 Å². The Morgan fingerprint density at radius 2 is 2.00 bits per heavy atom. The van der Waals surface area contributed by atoms with Crippen molar-refractivity contribution in [2.75, 3.05) is 6.54 Å². The molecule has 0 fully saturated rings. The molecule has 0 saturated carbocycles. The Labute approximate surface area is 131 Å². The van der Waals surface area contributed by atoms with E-state index in [1.807, 2.05) is 24.4 Å². The lowest BCUT2D eigenvalue weighted by Gasteiger charge is -2.08. The Morgan fingerprint density at radius 3 is 2.81 bits per heavy atom. The lowest BCUT2D eigenvalue weighted by atomic mass is 10.1. The highest BCUT2D eigenvalue weighted by Crippen LogP contribution is 2.36. The Bertz CT molecular complexity index is 785. The van der Waals surface area contributed by atoms with Crippen LogP contribution in [0.3, 0.4) is 0 Å². The van der Waals surface area contributed by atoms with E-state index in [4.69, 9.17) is 17.3 Å². The van der Waals surface area contributed by atoms with E-state index >= 15 is 0 Å². The van der Waals surface area contributed by atoms with Gasteiger partial charge in [0.1, 0.15) is 5.82 Å². The second-order valence-electron chi connectivity index (χ2n) is 4.74. The fourth-order valence-electron chi connectivity index (χ4n) is 2.26. The minimum Gasteiger partial charge on any atom is -0.360 e.